The van der Waals surface area contributed by atoms with Gasteiger partial charge in [-0.25, -0.2) is 0 Å². The highest BCUT2D eigenvalue weighted by Crippen LogP contribution is 2.33. The highest BCUT2D eigenvalue weighted by molar-refractivity contribution is 5.84. The lowest BCUT2D eigenvalue weighted by molar-refractivity contribution is -0.126. The van der Waals surface area contributed by atoms with Crippen molar-refractivity contribution in [3.8, 4) is 0 Å². The first kappa shape index (κ1) is 13.8. The smallest absolute Gasteiger partial charge is 0.237 e. The maximum Gasteiger partial charge on any atom is 0.237 e. The van der Waals surface area contributed by atoms with Crippen LogP contribution in [-0.2, 0) is 9.53 Å². The van der Waals surface area contributed by atoms with E-state index in [1.165, 1.54) is 6.42 Å². The molecular formula is C14H26N2O2. The first-order chi connectivity index (χ1) is 8.66. The lowest BCUT2D eigenvalue weighted by Crippen LogP contribution is -2.58. The van der Waals surface area contributed by atoms with Gasteiger partial charge in [0, 0.05) is 13.2 Å². The molecule has 1 atom stereocenters. The van der Waals surface area contributed by atoms with E-state index in [0.717, 1.165) is 57.6 Å². The quantitative estimate of drug-likeness (QED) is 0.783. The second-order valence-electron chi connectivity index (χ2n) is 5.81. The molecule has 1 heterocycles. The van der Waals surface area contributed by atoms with Crippen LogP contribution in [0, 0.1) is 5.92 Å². The summed E-state index contributed by atoms with van der Waals surface area (Å²) in [6, 6.07) is 0. The zero-order valence-electron chi connectivity index (χ0n) is 11.4. The van der Waals surface area contributed by atoms with E-state index in [4.69, 9.17) is 10.5 Å². The minimum atomic E-state index is -0.475. The number of amides is 1. The van der Waals surface area contributed by atoms with Crippen molar-refractivity contribution < 1.29 is 9.53 Å². The highest BCUT2D eigenvalue weighted by atomic mass is 16.5. The van der Waals surface area contributed by atoms with Gasteiger partial charge in [0.2, 0.25) is 5.91 Å². The van der Waals surface area contributed by atoms with Crippen LogP contribution >= 0.6 is 0 Å². The normalized spacial score (nSPS) is 36.7. The molecule has 18 heavy (non-hydrogen) atoms. The maximum atomic E-state index is 11.8. The molecule has 1 aliphatic carbocycles. The van der Waals surface area contributed by atoms with Crippen LogP contribution in [-0.4, -0.2) is 30.7 Å². The molecule has 104 valence electrons. The molecule has 0 aromatic heterocycles. The van der Waals surface area contributed by atoms with Crippen molar-refractivity contribution in [1.29, 1.82) is 0 Å². The number of carbonyl (C=O) groups excluding carboxylic acids is 1. The molecule has 0 bridgehead atoms. The second-order valence-corrected chi connectivity index (χ2v) is 5.81. The maximum absolute atomic E-state index is 11.8. The van der Waals surface area contributed by atoms with E-state index in [2.05, 4.69) is 12.2 Å². The molecule has 4 nitrogen and oxygen atoms in total. The fraction of sp³-hybridized carbons (Fsp3) is 0.929. The molecule has 0 radical (unpaired) electrons. The topological polar surface area (TPSA) is 64.3 Å². The summed E-state index contributed by atoms with van der Waals surface area (Å²) in [4.78, 5) is 11.8. The van der Waals surface area contributed by atoms with Gasteiger partial charge in [0.05, 0.1) is 11.6 Å². The average Bonchev–Trinajstić information content (AvgIpc) is 2.90. The molecule has 1 unspecified atom stereocenters. The molecule has 3 N–H and O–H groups in total. The summed E-state index contributed by atoms with van der Waals surface area (Å²) in [7, 11) is 0. The SMILES string of the molecule is CCC1CCC(NCC2CCCO2)(C(N)=O)CC1. The minimum Gasteiger partial charge on any atom is -0.377 e. The van der Waals surface area contributed by atoms with Gasteiger partial charge in [-0.1, -0.05) is 13.3 Å². The van der Waals surface area contributed by atoms with E-state index in [0.29, 0.717) is 0 Å². The number of primary amides is 1. The lowest BCUT2D eigenvalue weighted by Gasteiger charge is -2.39. The van der Waals surface area contributed by atoms with Crippen molar-refractivity contribution in [2.75, 3.05) is 13.2 Å². The third kappa shape index (κ3) is 3.04. The number of nitrogens with two attached hydrogens (primary N) is 1. The van der Waals surface area contributed by atoms with E-state index < -0.39 is 5.54 Å². The van der Waals surface area contributed by atoms with Crippen molar-refractivity contribution in [2.24, 2.45) is 11.7 Å². The number of nitrogens with one attached hydrogen (secondary N) is 1. The van der Waals surface area contributed by atoms with Gasteiger partial charge >= 0.3 is 0 Å². The Hall–Kier alpha value is -0.610. The van der Waals surface area contributed by atoms with Gasteiger partial charge < -0.3 is 15.8 Å². The summed E-state index contributed by atoms with van der Waals surface area (Å²) in [5, 5.41) is 3.42. The molecular weight excluding hydrogens is 228 g/mol. The van der Waals surface area contributed by atoms with Crippen molar-refractivity contribution in [3.63, 3.8) is 0 Å². The predicted octanol–water partition coefficient (Wildman–Crippen LogP) is 1.58. The Morgan fingerprint density at radius 2 is 2.11 bits per heavy atom. The Balaban J connectivity index is 1.88. The number of rotatable bonds is 5. The standard InChI is InChI=1S/C14H26N2O2/c1-2-11-5-7-14(8-6-11,13(15)17)16-10-12-4-3-9-18-12/h11-12,16H,2-10H2,1H3,(H2,15,17). The average molecular weight is 254 g/mol. The van der Waals surface area contributed by atoms with Crippen LogP contribution in [0.15, 0.2) is 0 Å². The van der Waals surface area contributed by atoms with Gasteiger partial charge in [-0.05, 0) is 44.4 Å². The molecule has 1 saturated heterocycles. The zero-order valence-corrected chi connectivity index (χ0v) is 11.4. The van der Waals surface area contributed by atoms with Gasteiger partial charge in [0.25, 0.3) is 0 Å². The number of ether oxygens (including phenoxy) is 1. The first-order valence-electron chi connectivity index (χ1n) is 7.33. The Morgan fingerprint density at radius 1 is 1.39 bits per heavy atom. The Kier molecular flexibility index (Phi) is 4.62. The molecule has 2 rings (SSSR count). The van der Waals surface area contributed by atoms with Crippen LogP contribution < -0.4 is 11.1 Å². The molecule has 1 saturated carbocycles. The fourth-order valence-corrected chi connectivity index (χ4v) is 3.20. The largest absolute Gasteiger partial charge is 0.377 e. The molecule has 2 fully saturated rings. The minimum absolute atomic E-state index is 0.185. The predicted molar refractivity (Wildman–Crippen MR) is 71.2 cm³/mol. The summed E-state index contributed by atoms with van der Waals surface area (Å²) in [5.74, 6) is 0.581. The van der Waals surface area contributed by atoms with E-state index in [1.54, 1.807) is 0 Å². The van der Waals surface area contributed by atoms with E-state index in [9.17, 15) is 4.79 Å². The Labute approximate surface area is 110 Å². The summed E-state index contributed by atoms with van der Waals surface area (Å²) in [5.41, 5.74) is 5.16. The van der Waals surface area contributed by atoms with Gasteiger partial charge in [-0.2, -0.15) is 0 Å². The van der Waals surface area contributed by atoms with E-state index in [1.807, 2.05) is 0 Å². The third-order valence-electron chi connectivity index (χ3n) is 4.70. The van der Waals surface area contributed by atoms with Crippen molar-refractivity contribution in [2.45, 2.75) is 63.5 Å². The van der Waals surface area contributed by atoms with E-state index in [-0.39, 0.29) is 12.0 Å². The van der Waals surface area contributed by atoms with Gasteiger partial charge in [-0.15, -0.1) is 0 Å². The molecule has 0 spiro atoms. The van der Waals surface area contributed by atoms with Crippen molar-refractivity contribution >= 4 is 5.91 Å². The van der Waals surface area contributed by atoms with Gasteiger partial charge in [0.15, 0.2) is 0 Å². The Bertz CT molecular complexity index is 280. The third-order valence-corrected chi connectivity index (χ3v) is 4.70. The van der Waals surface area contributed by atoms with Gasteiger partial charge in [0.1, 0.15) is 0 Å². The van der Waals surface area contributed by atoms with Gasteiger partial charge in [-0.3, -0.25) is 4.79 Å². The van der Waals surface area contributed by atoms with Crippen molar-refractivity contribution in [1.82, 2.24) is 5.32 Å². The number of hydrogen-bond donors (Lipinski definition) is 2. The second kappa shape index (κ2) is 6.02. The van der Waals surface area contributed by atoms with E-state index >= 15 is 0 Å². The molecule has 2 aliphatic rings. The fourth-order valence-electron chi connectivity index (χ4n) is 3.20. The monoisotopic (exact) mass is 254 g/mol. The van der Waals surface area contributed by atoms with Crippen LogP contribution in [0.5, 0.6) is 0 Å². The molecule has 0 aromatic carbocycles. The molecule has 4 heteroatoms. The summed E-state index contributed by atoms with van der Waals surface area (Å²) in [6.07, 6.45) is 7.69. The van der Waals surface area contributed by atoms with Crippen LogP contribution in [0.3, 0.4) is 0 Å². The van der Waals surface area contributed by atoms with Crippen molar-refractivity contribution in [3.05, 3.63) is 0 Å². The van der Waals surface area contributed by atoms with Crippen LogP contribution in [0.2, 0.25) is 0 Å². The summed E-state index contributed by atoms with van der Waals surface area (Å²) in [6.45, 7) is 3.84. The zero-order chi connectivity index (χ0) is 13.0. The Morgan fingerprint density at radius 3 is 2.61 bits per heavy atom. The lowest BCUT2D eigenvalue weighted by atomic mass is 9.75. The number of hydrogen-bond acceptors (Lipinski definition) is 3. The molecule has 0 aromatic rings. The summed E-state index contributed by atoms with van der Waals surface area (Å²) < 4.78 is 5.60. The summed E-state index contributed by atoms with van der Waals surface area (Å²) >= 11 is 0. The van der Waals surface area contributed by atoms with Crippen LogP contribution in [0.4, 0.5) is 0 Å². The van der Waals surface area contributed by atoms with Crippen LogP contribution in [0.1, 0.15) is 51.9 Å². The molecule has 1 amide bonds. The number of carbonyl (C=O) groups is 1. The molecule has 1 aliphatic heterocycles. The van der Waals surface area contributed by atoms with Crippen LogP contribution in [0.25, 0.3) is 0 Å². The first-order valence-corrected chi connectivity index (χ1v) is 7.33. The highest BCUT2D eigenvalue weighted by Gasteiger charge is 2.40.